The van der Waals surface area contributed by atoms with Gasteiger partial charge in [0.1, 0.15) is 5.82 Å². The number of nitrogens with zero attached hydrogens (tertiary/aromatic N) is 1. The normalized spacial score (nSPS) is 27.8. The number of hydrogen-bond acceptors (Lipinski definition) is 4. The quantitative estimate of drug-likeness (QED) is 0.923. The zero-order valence-electron chi connectivity index (χ0n) is 13.0. The number of anilines is 1. The molecule has 1 aromatic carbocycles. The minimum atomic E-state index is -0.202. The van der Waals surface area contributed by atoms with Crippen LogP contribution in [0.4, 0.5) is 10.1 Å². The summed E-state index contributed by atoms with van der Waals surface area (Å²) in [6, 6.07) is 9.12. The van der Waals surface area contributed by atoms with Crippen LogP contribution in [0, 0.1) is 5.82 Å². The second kappa shape index (κ2) is 6.23. The van der Waals surface area contributed by atoms with Crippen LogP contribution in [-0.4, -0.2) is 36.2 Å². The average molecular weight is 332 g/mol. The second-order valence-electron chi connectivity index (χ2n) is 6.64. The third kappa shape index (κ3) is 3.42. The Kier molecular flexibility index (Phi) is 4.09. The fourth-order valence-corrected chi connectivity index (χ4v) is 4.40. The number of hydrogen-bond donors (Lipinski definition) is 1. The number of rotatable bonds is 4. The molecular weight excluding hydrogens is 311 g/mol. The molecule has 5 heteroatoms. The largest absolute Gasteiger partial charge is 0.380 e. The lowest BCUT2D eigenvalue weighted by Gasteiger charge is -2.23. The molecule has 1 spiro atoms. The molecule has 2 fully saturated rings. The van der Waals surface area contributed by atoms with Gasteiger partial charge in [-0.1, -0.05) is 6.07 Å². The molecule has 3 nitrogen and oxygen atoms in total. The van der Waals surface area contributed by atoms with E-state index in [2.05, 4.69) is 27.0 Å². The maximum absolute atomic E-state index is 13.3. The predicted octanol–water partition coefficient (Wildman–Crippen LogP) is 3.73. The highest BCUT2D eigenvalue weighted by molar-refractivity contribution is 7.07. The van der Waals surface area contributed by atoms with Gasteiger partial charge in [-0.05, 0) is 47.0 Å². The number of likely N-dealkylation sites (tertiary alicyclic amines) is 1. The van der Waals surface area contributed by atoms with Gasteiger partial charge in [-0.15, -0.1) is 0 Å². The van der Waals surface area contributed by atoms with Crippen molar-refractivity contribution in [3.63, 3.8) is 0 Å². The Balaban J connectivity index is 1.34. The topological polar surface area (TPSA) is 24.5 Å². The summed E-state index contributed by atoms with van der Waals surface area (Å²) in [5.41, 5.74) is 2.20. The van der Waals surface area contributed by atoms with Crippen molar-refractivity contribution in [2.24, 2.45) is 0 Å². The Morgan fingerprint density at radius 2 is 2.35 bits per heavy atom. The highest BCUT2D eigenvalue weighted by atomic mass is 32.1. The minimum Gasteiger partial charge on any atom is -0.380 e. The molecule has 0 aliphatic carbocycles. The molecule has 3 heterocycles. The van der Waals surface area contributed by atoms with Crippen molar-refractivity contribution >= 4 is 17.0 Å². The fourth-order valence-electron chi connectivity index (χ4n) is 3.74. The molecule has 2 aromatic rings. The van der Waals surface area contributed by atoms with Gasteiger partial charge in [0.15, 0.2) is 0 Å². The molecule has 0 amide bonds. The molecule has 2 atom stereocenters. The molecule has 1 aromatic heterocycles. The van der Waals surface area contributed by atoms with Crippen molar-refractivity contribution in [1.82, 2.24) is 4.90 Å². The van der Waals surface area contributed by atoms with Gasteiger partial charge in [-0.2, -0.15) is 11.3 Å². The maximum Gasteiger partial charge on any atom is 0.125 e. The van der Waals surface area contributed by atoms with Crippen molar-refractivity contribution in [1.29, 1.82) is 0 Å². The summed E-state index contributed by atoms with van der Waals surface area (Å²) in [7, 11) is 0. The molecule has 0 saturated carbocycles. The highest BCUT2D eigenvalue weighted by Gasteiger charge is 2.45. The van der Waals surface area contributed by atoms with Crippen LogP contribution in [0.5, 0.6) is 0 Å². The van der Waals surface area contributed by atoms with Gasteiger partial charge in [0.2, 0.25) is 0 Å². The lowest BCUT2D eigenvalue weighted by Crippen LogP contribution is -2.33. The van der Waals surface area contributed by atoms with Gasteiger partial charge in [-0.25, -0.2) is 4.39 Å². The third-order valence-electron chi connectivity index (χ3n) is 4.79. The highest BCUT2D eigenvalue weighted by Crippen LogP contribution is 2.36. The van der Waals surface area contributed by atoms with Crippen molar-refractivity contribution < 1.29 is 9.13 Å². The van der Waals surface area contributed by atoms with E-state index < -0.39 is 0 Å². The number of thiophene rings is 1. The first-order valence-electron chi connectivity index (χ1n) is 8.10. The van der Waals surface area contributed by atoms with Crippen molar-refractivity contribution in [3.05, 3.63) is 52.5 Å². The molecule has 122 valence electrons. The van der Waals surface area contributed by atoms with Gasteiger partial charge < -0.3 is 10.1 Å². The Morgan fingerprint density at radius 3 is 3.17 bits per heavy atom. The first-order chi connectivity index (χ1) is 11.2. The SMILES string of the molecule is Fc1cccc(N[C@@H]2CO[C@]3(CCN(Cc4ccsc4)C3)C2)c1. The van der Waals surface area contributed by atoms with E-state index in [4.69, 9.17) is 4.74 Å². The van der Waals surface area contributed by atoms with Gasteiger partial charge in [0, 0.05) is 31.7 Å². The van der Waals surface area contributed by atoms with E-state index in [9.17, 15) is 4.39 Å². The van der Waals surface area contributed by atoms with Crippen LogP contribution in [0.3, 0.4) is 0 Å². The average Bonchev–Trinajstić information content (AvgIpc) is 3.24. The van der Waals surface area contributed by atoms with Crippen molar-refractivity contribution in [2.75, 3.05) is 25.0 Å². The summed E-state index contributed by atoms with van der Waals surface area (Å²) in [4.78, 5) is 2.48. The summed E-state index contributed by atoms with van der Waals surface area (Å²) >= 11 is 1.75. The van der Waals surface area contributed by atoms with E-state index in [0.717, 1.165) is 38.2 Å². The number of nitrogens with one attached hydrogen (secondary N) is 1. The molecule has 4 rings (SSSR count). The molecule has 23 heavy (non-hydrogen) atoms. The molecular formula is C18H21FN2OS. The Bertz CT molecular complexity index is 663. The minimum absolute atomic E-state index is 0.0268. The molecule has 0 radical (unpaired) electrons. The molecule has 0 unspecified atom stereocenters. The van der Waals surface area contributed by atoms with Gasteiger partial charge >= 0.3 is 0 Å². The zero-order chi connectivity index (χ0) is 15.7. The lowest BCUT2D eigenvalue weighted by atomic mass is 9.97. The van der Waals surface area contributed by atoms with Gasteiger partial charge in [0.05, 0.1) is 18.2 Å². The smallest absolute Gasteiger partial charge is 0.125 e. The van der Waals surface area contributed by atoms with Crippen molar-refractivity contribution in [2.45, 2.75) is 31.0 Å². The lowest BCUT2D eigenvalue weighted by molar-refractivity contribution is 0.0120. The molecule has 0 bridgehead atoms. The molecule has 2 saturated heterocycles. The van der Waals surface area contributed by atoms with Gasteiger partial charge in [-0.3, -0.25) is 4.90 Å². The standard InChI is InChI=1S/C18H21FN2OS/c19-15-2-1-3-16(8-15)20-17-9-18(22-11-17)5-6-21(13-18)10-14-4-7-23-12-14/h1-4,7-8,12,17,20H,5-6,9-11,13H2/t17-,18+/m0/s1. The molecule has 2 aliphatic rings. The fraction of sp³-hybridized carbons (Fsp3) is 0.444. The third-order valence-corrected chi connectivity index (χ3v) is 5.52. The van der Waals surface area contributed by atoms with E-state index in [0.29, 0.717) is 6.61 Å². The number of halogens is 1. The Hall–Kier alpha value is -1.43. The summed E-state index contributed by atoms with van der Waals surface area (Å²) in [6.07, 6.45) is 2.07. The first-order valence-corrected chi connectivity index (χ1v) is 9.05. The van der Waals surface area contributed by atoms with E-state index in [1.165, 1.54) is 11.6 Å². The van der Waals surface area contributed by atoms with E-state index >= 15 is 0 Å². The van der Waals surface area contributed by atoms with Crippen LogP contribution in [0.25, 0.3) is 0 Å². The molecule has 2 aliphatic heterocycles. The summed E-state index contributed by atoms with van der Waals surface area (Å²) in [5.74, 6) is -0.202. The number of ether oxygens (including phenoxy) is 1. The second-order valence-corrected chi connectivity index (χ2v) is 7.42. The van der Waals surface area contributed by atoms with Crippen LogP contribution in [-0.2, 0) is 11.3 Å². The number of benzene rings is 1. The van der Waals surface area contributed by atoms with Crippen LogP contribution in [0.2, 0.25) is 0 Å². The van der Waals surface area contributed by atoms with Gasteiger partial charge in [0.25, 0.3) is 0 Å². The maximum atomic E-state index is 13.3. The Labute approximate surface area is 140 Å². The first kappa shape index (κ1) is 15.1. The summed E-state index contributed by atoms with van der Waals surface area (Å²) in [5, 5.41) is 7.76. The van der Waals surface area contributed by atoms with Crippen LogP contribution >= 0.6 is 11.3 Å². The molecule has 1 N–H and O–H groups in total. The van der Waals surface area contributed by atoms with Crippen LogP contribution in [0.15, 0.2) is 41.1 Å². The van der Waals surface area contributed by atoms with Crippen LogP contribution < -0.4 is 5.32 Å². The Morgan fingerprint density at radius 1 is 1.39 bits per heavy atom. The van der Waals surface area contributed by atoms with Crippen LogP contribution in [0.1, 0.15) is 18.4 Å². The van der Waals surface area contributed by atoms with E-state index in [1.54, 1.807) is 23.5 Å². The van der Waals surface area contributed by atoms with E-state index in [-0.39, 0.29) is 17.5 Å². The predicted molar refractivity (Wildman–Crippen MR) is 91.3 cm³/mol. The summed E-state index contributed by atoms with van der Waals surface area (Å²) in [6.45, 7) is 3.78. The van der Waals surface area contributed by atoms with E-state index in [1.807, 2.05) is 6.07 Å². The summed E-state index contributed by atoms with van der Waals surface area (Å²) < 4.78 is 19.5. The zero-order valence-corrected chi connectivity index (χ0v) is 13.8. The monoisotopic (exact) mass is 332 g/mol. The van der Waals surface area contributed by atoms with Crippen molar-refractivity contribution in [3.8, 4) is 0 Å².